The topological polar surface area (TPSA) is 56.6 Å². The largest absolute Gasteiger partial charge is 0.485 e. The highest BCUT2D eigenvalue weighted by molar-refractivity contribution is 7.12. The number of nitrogens with zero attached hydrogens (tertiary/aromatic N) is 3. The van der Waals surface area contributed by atoms with E-state index < -0.39 is 0 Å². The van der Waals surface area contributed by atoms with Gasteiger partial charge in [-0.1, -0.05) is 0 Å². The maximum atomic E-state index is 13.0. The number of carbonyl (C=O) groups is 1. The van der Waals surface area contributed by atoms with Crippen LogP contribution in [0.25, 0.3) is 0 Å². The first kappa shape index (κ1) is 16.4. The van der Waals surface area contributed by atoms with E-state index in [1.54, 1.807) is 0 Å². The second-order valence-electron chi connectivity index (χ2n) is 6.83. The number of thiophene rings is 1. The molecule has 0 bridgehead atoms. The number of imidazole rings is 1. The Labute approximate surface area is 151 Å². The highest BCUT2D eigenvalue weighted by Crippen LogP contribution is 2.40. The molecule has 6 nitrogen and oxygen atoms in total. The molecule has 0 spiro atoms. The maximum absolute atomic E-state index is 13.0. The zero-order valence-corrected chi connectivity index (χ0v) is 15.4. The summed E-state index contributed by atoms with van der Waals surface area (Å²) in [6, 6.07) is 0.374. The van der Waals surface area contributed by atoms with E-state index in [2.05, 4.69) is 23.4 Å². The smallest absolute Gasteiger partial charge is 0.267 e. The van der Waals surface area contributed by atoms with Gasteiger partial charge in [0.05, 0.1) is 0 Å². The molecule has 0 unspecified atom stereocenters. The molecule has 2 aliphatic heterocycles. The summed E-state index contributed by atoms with van der Waals surface area (Å²) in [5.74, 6) is 2.73. The normalized spacial score (nSPS) is 20.1. The van der Waals surface area contributed by atoms with Crippen molar-refractivity contribution < 1.29 is 14.3 Å². The molecule has 0 saturated carbocycles. The van der Waals surface area contributed by atoms with E-state index in [0.717, 1.165) is 25.2 Å². The molecule has 2 aliphatic rings. The van der Waals surface area contributed by atoms with E-state index in [0.29, 0.717) is 42.2 Å². The fraction of sp³-hybridized carbons (Fsp3) is 0.556. The molecular weight excluding hydrogens is 338 g/mol. The minimum absolute atomic E-state index is 0.0455. The van der Waals surface area contributed by atoms with Gasteiger partial charge in [-0.3, -0.25) is 4.79 Å². The van der Waals surface area contributed by atoms with Gasteiger partial charge < -0.3 is 18.9 Å². The minimum atomic E-state index is 0.0455. The van der Waals surface area contributed by atoms with Crippen LogP contribution in [0.5, 0.6) is 11.5 Å². The van der Waals surface area contributed by atoms with Crippen molar-refractivity contribution in [2.24, 2.45) is 0 Å². The molecule has 7 heteroatoms. The number of ether oxygens (including phenoxy) is 2. The molecule has 4 heterocycles. The Hall–Kier alpha value is -2.02. The van der Waals surface area contributed by atoms with E-state index in [1.807, 2.05) is 22.7 Å². The molecule has 1 atom stereocenters. The highest BCUT2D eigenvalue weighted by Gasteiger charge is 2.32. The van der Waals surface area contributed by atoms with Gasteiger partial charge in [-0.15, -0.1) is 11.3 Å². The SMILES string of the molecule is CC(C)n1ccnc1[C@@H]1CCCN(C(=O)c2scc3c2OCCO3)C1. The van der Waals surface area contributed by atoms with Crippen LogP contribution in [0.15, 0.2) is 17.8 Å². The van der Waals surface area contributed by atoms with Gasteiger partial charge in [0.2, 0.25) is 0 Å². The summed E-state index contributed by atoms with van der Waals surface area (Å²) in [6.45, 7) is 6.85. The minimum Gasteiger partial charge on any atom is -0.485 e. The summed E-state index contributed by atoms with van der Waals surface area (Å²) in [5.41, 5.74) is 0. The number of fused-ring (bicyclic) bond motifs is 1. The van der Waals surface area contributed by atoms with Gasteiger partial charge in [-0.25, -0.2) is 4.98 Å². The highest BCUT2D eigenvalue weighted by atomic mass is 32.1. The molecule has 1 fully saturated rings. The van der Waals surface area contributed by atoms with Crippen LogP contribution in [0.3, 0.4) is 0 Å². The Morgan fingerprint density at radius 2 is 2.20 bits per heavy atom. The average Bonchev–Trinajstić information content (AvgIpc) is 3.28. The molecule has 0 aromatic carbocycles. The van der Waals surface area contributed by atoms with Crippen molar-refractivity contribution in [3.8, 4) is 11.5 Å². The molecule has 0 radical (unpaired) electrons. The molecule has 4 rings (SSSR count). The van der Waals surface area contributed by atoms with Crippen molar-refractivity contribution in [3.63, 3.8) is 0 Å². The predicted molar refractivity (Wildman–Crippen MR) is 95.8 cm³/mol. The molecule has 0 N–H and O–H groups in total. The second kappa shape index (κ2) is 6.71. The first-order valence-corrected chi connectivity index (χ1v) is 9.72. The number of aromatic nitrogens is 2. The predicted octanol–water partition coefficient (Wildman–Crippen LogP) is 3.32. The van der Waals surface area contributed by atoms with Crippen LogP contribution in [0.2, 0.25) is 0 Å². The summed E-state index contributed by atoms with van der Waals surface area (Å²) in [5, 5.41) is 1.87. The second-order valence-corrected chi connectivity index (χ2v) is 7.71. The Morgan fingerprint density at radius 1 is 1.36 bits per heavy atom. The molecule has 134 valence electrons. The third-order valence-corrected chi connectivity index (χ3v) is 5.75. The zero-order chi connectivity index (χ0) is 17.4. The van der Waals surface area contributed by atoms with Crippen LogP contribution < -0.4 is 9.47 Å². The number of carbonyl (C=O) groups excluding carboxylic acids is 1. The fourth-order valence-corrected chi connectivity index (χ4v) is 4.50. The molecule has 2 aromatic heterocycles. The average molecular weight is 361 g/mol. The number of rotatable bonds is 3. The number of piperidine rings is 1. The van der Waals surface area contributed by atoms with Gasteiger partial charge in [0.1, 0.15) is 23.9 Å². The van der Waals surface area contributed by atoms with Gasteiger partial charge in [0.25, 0.3) is 5.91 Å². The summed E-state index contributed by atoms with van der Waals surface area (Å²) >= 11 is 1.41. The van der Waals surface area contributed by atoms with Crippen molar-refractivity contribution in [1.29, 1.82) is 0 Å². The molecule has 25 heavy (non-hydrogen) atoms. The lowest BCUT2D eigenvalue weighted by molar-refractivity contribution is 0.0699. The molecule has 2 aromatic rings. The fourth-order valence-electron chi connectivity index (χ4n) is 3.60. The molecule has 1 amide bonds. The number of hydrogen-bond acceptors (Lipinski definition) is 5. The van der Waals surface area contributed by atoms with Gasteiger partial charge in [-0.2, -0.15) is 0 Å². The lowest BCUT2D eigenvalue weighted by atomic mass is 9.96. The first-order valence-electron chi connectivity index (χ1n) is 8.84. The molecule has 0 aliphatic carbocycles. The zero-order valence-electron chi connectivity index (χ0n) is 14.6. The lowest BCUT2D eigenvalue weighted by Gasteiger charge is -2.33. The Bertz CT molecular complexity index is 767. The first-order chi connectivity index (χ1) is 12.1. The van der Waals surface area contributed by atoms with Crippen LogP contribution >= 0.6 is 11.3 Å². The van der Waals surface area contributed by atoms with E-state index in [4.69, 9.17) is 9.47 Å². The third kappa shape index (κ3) is 3.01. The monoisotopic (exact) mass is 361 g/mol. The van der Waals surface area contributed by atoms with Gasteiger partial charge in [-0.05, 0) is 26.7 Å². The van der Waals surface area contributed by atoms with Crippen molar-refractivity contribution >= 4 is 17.2 Å². The van der Waals surface area contributed by atoms with Crippen molar-refractivity contribution in [2.75, 3.05) is 26.3 Å². The summed E-state index contributed by atoms with van der Waals surface area (Å²) in [6.07, 6.45) is 5.94. The molecule has 1 saturated heterocycles. The summed E-state index contributed by atoms with van der Waals surface area (Å²) in [7, 11) is 0. The quantitative estimate of drug-likeness (QED) is 0.842. The maximum Gasteiger partial charge on any atom is 0.267 e. The summed E-state index contributed by atoms with van der Waals surface area (Å²) < 4.78 is 13.5. The van der Waals surface area contributed by atoms with Crippen molar-refractivity contribution in [2.45, 2.75) is 38.6 Å². The Balaban J connectivity index is 1.54. The van der Waals surface area contributed by atoms with E-state index >= 15 is 0 Å². The van der Waals surface area contributed by atoms with Crippen LogP contribution in [-0.4, -0.2) is 46.7 Å². The standard InChI is InChI=1S/C18H23N3O3S/c1-12(2)21-7-5-19-17(21)13-4-3-6-20(10-13)18(22)16-15-14(11-25-16)23-8-9-24-15/h5,7,11-13H,3-4,6,8-10H2,1-2H3/t13-/m1/s1. The lowest BCUT2D eigenvalue weighted by Crippen LogP contribution is -2.39. The van der Waals surface area contributed by atoms with Crippen LogP contribution in [0.1, 0.15) is 54.1 Å². The van der Waals surface area contributed by atoms with Crippen molar-refractivity contribution in [3.05, 3.63) is 28.5 Å². The molecular formula is C18H23N3O3S. The van der Waals surface area contributed by atoms with Crippen molar-refractivity contribution in [1.82, 2.24) is 14.5 Å². The van der Waals surface area contributed by atoms with E-state index in [1.165, 1.54) is 11.3 Å². The van der Waals surface area contributed by atoms with Gasteiger partial charge in [0, 0.05) is 42.8 Å². The van der Waals surface area contributed by atoms with Gasteiger partial charge >= 0.3 is 0 Å². The Kier molecular flexibility index (Phi) is 4.41. The third-order valence-electron chi connectivity index (χ3n) is 4.82. The van der Waals surface area contributed by atoms with E-state index in [9.17, 15) is 4.79 Å². The van der Waals surface area contributed by atoms with Gasteiger partial charge in [0.15, 0.2) is 11.5 Å². The Morgan fingerprint density at radius 3 is 3.04 bits per heavy atom. The summed E-state index contributed by atoms with van der Waals surface area (Å²) in [4.78, 5) is 20.2. The van der Waals surface area contributed by atoms with E-state index in [-0.39, 0.29) is 11.8 Å². The number of likely N-dealkylation sites (tertiary alicyclic amines) is 1. The van der Waals surface area contributed by atoms with Crippen LogP contribution in [-0.2, 0) is 0 Å². The number of hydrogen-bond donors (Lipinski definition) is 0. The van der Waals surface area contributed by atoms with Crippen LogP contribution in [0, 0.1) is 0 Å². The number of amides is 1. The van der Waals surface area contributed by atoms with Crippen LogP contribution in [0.4, 0.5) is 0 Å².